The van der Waals surface area contributed by atoms with E-state index in [1.54, 1.807) is 18.2 Å². The number of amides is 1. The Bertz CT molecular complexity index is 1400. The van der Waals surface area contributed by atoms with Crippen LogP contribution < -0.4 is 15.0 Å². The van der Waals surface area contributed by atoms with Crippen LogP contribution in [-0.4, -0.2) is 35.9 Å². The molecule has 0 atom stereocenters. The minimum absolute atomic E-state index is 0.292. The zero-order valence-corrected chi connectivity index (χ0v) is 21.9. The lowest BCUT2D eigenvalue weighted by Crippen LogP contribution is -2.64. The number of halogens is 7. The smallest absolute Gasteiger partial charge is 0.404 e. The number of likely N-dealkylation sites (tertiary alicyclic amines) is 1. The van der Waals surface area contributed by atoms with Crippen LogP contribution in [0.5, 0.6) is 5.75 Å². The summed E-state index contributed by atoms with van der Waals surface area (Å²) in [6.45, 7) is 1.39. The highest BCUT2D eigenvalue weighted by molar-refractivity contribution is 9.10. The minimum Gasteiger partial charge on any atom is -0.404 e. The van der Waals surface area contributed by atoms with Crippen LogP contribution in [0.2, 0.25) is 5.02 Å². The molecule has 1 N–H and O–H groups in total. The third-order valence-corrected chi connectivity index (χ3v) is 7.47. The average molecular weight is 617 g/mol. The molecule has 0 aromatic heterocycles. The van der Waals surface area contributed by atoms with Gasteiger partial charge in [0.1, 0.15) is 11.4 Å². The van der Waals surface area contributed by atoms with E-state index in [1.807, 2.05) is 0 Å². The summed E-state index contributed by atoms with van der Waals surface area (Å²) in [7, 11) is 0. The van der Waals surface area contributed by atoms with Crippen molar-refractivity contribution in [3.05, 3.63) is 86.9 Å². The van der Waals surface area contributed by atoms with Gasteiger partial charge in [0.15, 0.2) is 11.6 Å². The zero-order chi connectivity index (χ0) is 27.2. The number of fused-ring (bicyclic) bond motifs is 1. The summed E-state index contributed by atoms with van der Waals surface area (Å²) in [5.41, 5.74) is 1.04. The second-order valence-corrected chi connectivity index (χ2v) is 10.5. The molecule has 0 bridgehead atoms. The molecule has 2 aliphatic rings. The van der Waals surface area contributed by atoms with Crippen LogP contribution in [0.4, 0.5) is 33.3 Å². The summed E-state index contributed by atoms with van der Waals surface area (Å²) in [5, 5.41) is 3.20. The minimum atomic E-state index is -4.92. The van der Waals surface area contributed by atoms with Crippen molar-refractivity contribution in [2.24, 2.45) is 0 Å². The summed E-state index contributed by atoms with van der Waals surface area (Å²) >= 11 is 9.56. The number of nitrogens with zero attached hydrogens (tertiary/aromatic N) is 2. The Morgan fingerprint density at radius 3 is 2.39 bits per heavy atom. The maximum atomic E-state index is 13.8. The first-order valence-electron chi connectivity index (χ1n) is 11.6. The van der Waals surface area contributed by atoms with E-state index in [2.05, 4.69) is 30.9 Å². The highest BCUT2D eigenvalue weighted by Crippen LogP contribution is 2.43. The van der Waals surface area contributed by atoms with E-state index in [1.165, 1.54) is 23.1 Å². The highest BCUT2D eigenvalue weighted by atomic mass is 79.9. The molecule has 12 heteroatoms. The molecule has 1 saturated heterocycles. The quantitative estimate of drug-likeness (QED) is 0.312. The van der Waals surface area contributed by atoms with Gasteiger partial charge in [-0.2, -0.15) is 0 Å². The molecule has 3 aromatic carbocycles. The van der Waals surface area contributed by atoms with Gasteiger partial charge in [-0.3, -0.25) is 14.6 Å². The molecular weight excluding hydrogens is 597 g/mol. The predicted octanol–water partition coefficient (Wildman–Crippen LogP) is 7.34. The molecule has 200 valence electrons. The first-order chi connectivity index (χ1) is 17.9. The fourth-order valence-electron chi connectivity index (χ4n) is 4.95. The Labute approximate surface area is 228 Å². The van der Waals surface area contributed by atoms with Crippen molar-refractivity contribution in [3.63, 3.8) is 0 Å². The summed E-state index contributed by atoms with van der Waals surface area (Å²) < 4.78 is 70.0. The first kappa shape index (κ1) is 26.7. The van der Waals surface area contributed by atoms with E-state index >= 15 is 0 Å². The van der Waals surface area contributed by atoms with Crippen molar-refractivity contribution in [1.29, 1.82) is 0 Å². The normalized spacial score (nSPS) is 17.3. The largest absolute Gasteiger partial charge is 0.573 e. The van der Waals surface area contributed by atoms with E-state index in [9.17, 15) is 26.7 Å². The highest BCUT2D eigenvalue weighted by Gasteiger charge is 2.47. The fourth-order valence-corrected chi connectivity index (χ4v) is 5.53. The molecule has 0 unspecified atom stereocenters. The Kier molecular flexibility index (Phi) is 7.04. The second-order valence-electron chi connectivity index (χ2n) is 9.17. The standard InChI is InChI=1S/C26H20BrClF5N3O2/c27-16-2-4-18-22(12-16)34-25(7-9-35(10-8-25)14-15-1-5-20(29)21(30)11-15)36(24(18)37)17-3-6-23(19(28)13-17)38-26(31,32)33/h1-6,11-13,34H,7-10,14H2. The molecule has 38 heavy (non-hydrogen) atoms. The Hall–Kier alpha value is -2.89. The van der Waals surface area contributed by atoms with Crippen LogP contribution in [-0.2, 0) is 6.54 Å². The number of benzene rings is 3. The van der Waals surface area contributed by atoms with Gasteiger partial charge in [0.25, 0.3) is 5.91 Å². The molecule has 2 heterocycles. The molecule has 5 nitrogen and oxygen atoms in total. The van der Waals surface area contributed by atoms with Gasteiger partial charge in [-0.1, -0.05) is 33.6 Å². The fraction of sp³-hybridized carbons (Fsp3) is 0.269. The molecule has 3 aromatic rings. The number of piperidine rings is 1. The van der Waals surface area contributed by atoms with Crippen LogP contribution in [0.15, 0.2) is 59.1 Å². The topological polar surface area (TPSA) is 44.8 Å². The Balaban J connectivity index is 1.46. The molecule has 1 fully saturated rings. The molecule has 2 aliphatic heterocycles. The second kappa shape index (κ2) is 10.0. The van der Waals surface area contributed by atoms with Crippen LogP contribution in [0.1, 0.15) is 28.8 Å². The van der Waals surface area contributed by atoms with Crippen LogP contribution in [0.25, 0.3) is 0 Å². The van der Waals surface area contributed by atoms with Gasteiger partial charge in [0, 0.05) is 48.3 Å². The average Bonchev–Trinajstić information content (AvgIpc) is 2.84. The van der Waals surface area contributed by atoms with Gasteiger partial charge in [-0.15, -0.1) is 13.2 Å². The van der Waals surface area contributed by atoms with Crippen LogP contribution >= 0.6 is 27.5 Å². The number of carbonyl (C=O) groups excluding carboxylic acids is 1. The molecule has 1 amide bonds. The van der Waals surface area contributed by atoms with E-state index in [4.69, 9.17) is 11.6 Å². The number of nitrogens with one attached hydrogen (secondary N) is 1. The molecule has 1 spiro atoms. The molecule has 0 saturated carbocycles. The number of hydrogen-bond donors (Lipinski definition) is 1. The molecule has 0 aliphatic carbocycles. The lowest BCUT2D eigenvalue weighted by Gasteiger charge is -2.52. The third kappa shape index (κ3) is 5.32. The van der Waals surface area contributed by atoms with Crippen molar-refractivity contribution in [1.82, 2.24) is 4.90 Å². The van der Waals surface area contributed by atoms with Gasteiger partial charge in [-0.05, 0) is 54.1 Å². The maximum absolute atomic E-state index is 13.8. The number of ether oxygens (including phenoxy) is 1. The van der Waals surface area contributed by atoms with Gasteiger partial charge in [-0.25, -0.2) is 8.78 Å². The van der Waals surface area contributed by atoms with E-state index in [0.717, 1.165) is 22.7 Å². The first-order valence-corrected chi connectivity index (χ1v) is 12.8. The number of alkyl halides is 3. The molecule has 5 rings (SSSR count). The summed E-state index contributed by atoms with van der Waals surface area (Å²) in [6.07, 6.45) is -4.04. The van der Waals surface area contributed by atoms with Gasteiger partial charge < -0.3 is 10.1 Å². The van der Waals surface area contributed by atoms with Gasteiger partial charge in [0.05, 0.1) is 10.6 Å². The lowest BCUT2D eigenvalue weighted by atomic mass is 9.89. The van der Waals surface area contributed by atoms with Crippen molar-refractivity contribution >= 4 is 44.8 Å². The van der Waals surface area contributed by atoms with Crippen molar-refractivity contribution in [2.45, 2.75) is 31.4 Å². The lowest BCUT2D eigenvalue weighted by molar-refractivity contribution is -0.274. The van der Waals surface area contributed by atoms with Crippen molar-refractivity contribution < 1.29 is 31.5 Å². The van der Waals surface area contributed by atoms with E-state index < -0.39 is 29.4 Å². The monoisotopic (exact) mass is 615 g/mol. The summed E-state index contributed by atoms with van der Waals surface area (Å²) in [5.74, 6) is -2.73. The van der Waals surface area contributed by atoms with Gasteiger partial charge in [0.2, 0.25) is 0 Å². The van der Waals surface area contributed by atoms with Crippen LogP contribution in [0, 0.1) is 11.6 Å². The van der Waals surface area contributed by atoms with Crippen LogP contribution in [0.3, 0.4) is 0 Å². The summed E-state index contributed by atoms with van der Waals surface area (Å²) in [4.78, 5) is 17.4. The third-order valence-electron chi connectivity index (χ3n) is 6.68. The molecular formula is C26H20BrClF5N3O2. The van der Waals surface area contributed by atoms with E-state index in [-0.39, 0.29) is 10.9 Å². The number of rotatable bonds is 4. The molecule has 0 radical (unpaired) electrons. The SMILES string of the molecule is O=C1c2ccc(Br)cc2NC2(CCN(Cc3ccc(F)c(F)c3)CC2)N1c1ccc(OC(F)(F)F)c(Cl)c1. The number of hydrogen-bond acceptors (Lipinski definition) is 4. The maximum Gasteiger partial charge on any atom is 0.573 e. The zero-order valence-electron chi connectivity index (χ0n) is 19.6. The Morgan fingerprint density at radius 2 is 1.74 bits per heavy atom. The van der Waals surface area contributed by atoms with Crippen molar-refractivity contribution in [3.8, 4) is 5.75 Å². The number of anilines is 2. The van der Waals surface area contributed by atoms with E-state index in [0.29, 0.717) is 55.0 Å². The van der Waals surface area contributed by atoms with Crippen molar-refractivity contribution in [2.75, 3.05) is 23.3 Å². The summed E-state index contributed by atoms with van der Waals surface area (Å²) in [6, 6.07) is 12.7. The number of carbonyl (C=O) groups is 1. The van der Waals surface area contributed by atoms with Gasteiger partial charge >= 0.3 is 6.36 Å². The Morgan fingerprint density at radius 1 is 1.00 bits per heavy atom. The predicted molar refractivity (Wildman–Crippen MR) is 136 cm³/mol.